The molecule has 0 aliphatic heterocycles. The molecule has 1 aromatic carbocycles. The molecule has 2 aromatic heterocycles. The zero-order chi connectivity index (χ0) is 18.8. The molecule has 5 nitrogen and oxygen atoms in total. The van der Waals surface area contributed by atoms with Crippen LogP contribution in [-0.2, 0) is 6.54 Å². The Hall–Kier alpha value is -2.27. The average Bonchev–Trinajstić information content (AvgIpc) is 3.03. The van der Waals surface area contributed by atoms with Crippen LogP contribution in [0.4, 0.5) is 5.82 Å². The van der Waals surface area contributed by atoms with Gasteiger partial charge in [0, 0.05) is 12.2 Å². The first kappa shape index (κ1) is 18.1. The molecule has 1 N–H and O–H groups in total. The summed E-state index contributed by atoms with van der Waals surface area (Å²) in [7, 11) is 1.67. The zero-order valence-corrected chi connectivity index (χ0v) is 16.5. The van der Waals surface area contributed by atoms with Gasteiger partial charge in [-0.25, -0.2) is 9.67 Å². The summed E-state index contributed by atoms with van der Waals surface area (Å²) in [5, 5.41) is 10.1. The number of aromatic nitrogens is 3. The molecule has 0 radical (unpaired) electrons. The molecule has 0 bridgehead atoms. The van der Waals surface area contributed by atoms with Gasteiger partial charge in [0.1, 0.15) is 5.75 Å². The van der Waals surface area contributed by atoms with Crippen LogP contribution in [0.15, 0.2) is 36.5 Å². The highest BCUT2D eigenvalue weighted by Crippen LogP contribution is 2.32. The lowest BCUT2D eigenvalue weighted by molar-refractivity contribution is 0.360. The van der Waals surface area contributed by atoms with E-state index in [0.29, 0.717) is 17.6 Å². The van der Waals surface area contributed by atoms with Crippen molar-refractivity contribution in [1.29, 1.82) is 0 Å². The van der Waals surface area contributed by atoms with Gasteiger partial charge in [-0.3, -0.25) is 0 Å². The van der Waals surface area contributed by atoms with Crippen molar-refractivity contribution in [2.24, 2.45) is 5.92 Å². The molecule has 0 spiro atoms. The Labute approximate surface area is 164 Å². The maximum absolute atomic E-state index is 6.51. The molecular formula is C21H25ClN4O. The van der Waals surface area contributed by atoms with E-state index in [4.69, 9.17) is 21.4 Å². The first-order chi connectivity index (χ1) is 13.1. The van der Waals surface area contributed by atoms with Crippen LogP contribution in [0, 0.1) is 5.92 Å². The van der Waals surface area contributed by atoms with Crippen LogP contribution in [0.3, 0.4) is 0 Å². The van der Waals surface area contributed by atoms with E-state index in [1.807, 2.05) is 35.0 Å². The molecule has 27 heavy (non-hydrogen) atoms. The third-order valence-electron chi connectivity index (χ3n) is 5.43. The predicted octanol–water partition coefficient (Wildman–Crippen LogP) is 5.13. The van der Waals surface area contributed by atoms with Gasteiger partial charge in [-0.1, -0.05) is 30.7 Å². The van der Waals surface area contributed by atoms with Crippen LogP contribution in [0.2, 0.25) is 5.02 Å². The van der Waals surface area contributed by atoms with Crippen molar-refractivity contribution in [3.8, 4) is 5.75 Å². The first-order valence-corrected chi connectivity index (χ1v) is 9.92. The number of anilines is 1. The first-order valence-electron chi connectivity index (χ1n) is 9.54. The quantitative estimate of drug-likeness (QED) is 0.662. The lowest BCUT2D eigenvalue weighted by atomic mass is 9.87. The maximum atomic E-state index is 6.51. The zero-order valence-electron chi connectivity index (χ0n) is 15.8. The number of rotatable bonds is 5. The van der Waals surface area contributed by atoms with Crippen molar-refractivity contribution >= 4 is 28.5 Å². The van der Waals surface area contributed by atoms with E-state index < -0.39 is 0 Å². The van der Waals surface area contributed by atoms with Crippen LogP contribution in [-0.4, -0.2) is 27.9 Å². The van der Waals surface area contributed by atoms with Crippen LogP contribution in [0.25, 0.3) is 11.0 Å². The van der Waals surface area contributed by atoms with Crippen LogP contribution in [0.1, 0.15) is 38.2 Å². The van der Waals surface area contributed by atoms with Gasteiger partial charge in [-0.2, -0.15) is 5.10 Å². The van der Waals surface area contributed by atoms with Crippen molar-refractivity contribution in [2.45, 2.75) is 45.2 Å². The van der Waals surface area contributed by atoms with Gasteiger partial charge in [0.05, 0.1) is 24.1 Å². The van der Waals surface area contributed by atoms with Gasteiger partial charge in [0.2, 0.25) is 0 Å². The van der Waals surface area contributed by atoms with Gasteiger partial charge in [0.25, 0.3) is 0 Å². The normalized spacial score (nSPS) is 20.0. The third-order valence-corrected chi connectivity index (χ3v) is 5.75. The molecule has 1 aliphatic rings. The average molecular weight is 385 g/mol. The molecule has 1 fully saturated rings. The third kappa shape index (κ3) is 3.88. The molecule has 2 heterocycles. The second kappa shape index (κ2) is 7.77. The van der Waals surface area contributed by atoms with E-state index in [1.54, 1.807) is 13.3 Å². The lowest BCUT2D eigenvalue weighted by Gasteiger charge is -2.27. The largest absolute Gasteiger partial charge is 0.497 e. The van der Waals surface area contributed by atoms with E-state index in [-0.39, 0.29) is 0 Å². The summed E-state index contributed by atoms with van der Waals surface area (Å²) in [6.07, 6.45) is 6.60. The SMILES string of the molecule is COc1ccc(Cn2nc(NC3CCC(C)CC3)c3c(Cl)ccnc32)cc1. The van der Waals surface area contributed by atoms with Crippen molar-refractivity contribution in [3.05, 3.63) is 47.1 Å². The summed E-state index contributed by atoms with van der Waals surface area (Å²) < 4.78 is 7.17. The predicted molar refractivity (Wildman–Crippen MR) is 110 cm³/mol. The number of pyridine rings is 1. The van der Waals surface area contributed by atoms with E-state index in [9.17, 15) is 0 Å². The highest BCUT2D eigenvalue weighted by Gasteiger charge is 2.22. The highest BCUT2D eigenvalue weighted by atomic mass is 35.5. The van der Waals surface area contributed by atoms with Crippen molar-refractivity contribution < 1.29 is 4.74 Å². The van der Waals surface area contributed by atoms with E-state index in [2.05, 4.69) is 17.2 Å². The summed E-state index contributed by atoms with van der Waals surface area (Å²) >= 11 is 6.51. The molecule has 6 heteroatoms. The highest BCUT2D eigenvalue weighted by molar-refractivity contribution is 6.36. The summed E-state index contributed by atoms with van der Waals surface area (Å²) in [6, 6.07) is 10.3. The number of ether oxygens (including phenoxy) is 1. The number of nitrogens with zero attached hydrogens (tertiary/aromatic N) is 3. The molecule has 1 saturated carbocycles. The van der Waals surface area contributed by atoms with Crippen molar-refractivity contribution in [2.75, 3.05) is 12.4 Å². The second-order valence-electron chi connectivity index (χ2n) is 7.45. The molecule has 0 amide bonds. The Balaban J connectivity index is 1.63. The Kier molecular flexibility index (Phi) is 5.21. The number of fused-ring (bicyclic) bond motifs is 1. The number of benzene rings is 1. The fourth-order valence-corrected chi connectivity index (χ4v) is 4.00. The van der Waals surface area contributed by atoms with Crippen LogP contribution >= 0.6 is 11.6 Å². The second-order valence-corrected chi connectivity index (χ2v) is 7.85. The topological polar surface area (TPSA) is 52.0 Å². The molecule has 0 saturated heterocycles. The van der Waals surface area contributed by atoms with Gasteiger partial charge in [0.15, 0.2) is 11.5 Å². The van der Waals surface area contributed by atoms with E-state index in [1.165, 1.54) is 25.7 Å². The smallest absolute Gasteiger partial charge is 0.161 e. The number of methoxy groups -OCH3 is 1. The van der Waals surface area contributed by atoms with Crippen molar-refractivity contribution in [1.82, 2.24) is 14.8 Å². The minimum atomic E-state index is 0.449. The van der Waals surface area contributed by atoms with E-state index >= 15 is 0 Å². The molecule has 1 aliphatic carbocycles. The fraction of sp³-hybridized carbons (Fsp3) is 0.429. The summed E-state index contributed by atoms with van der Waals surface area (Å²) in [4.78, 5) is 4.55. The Bertz CT molecular complexity index is 914. The van der Waals surface area contributed by atoms with Crippen LogP contribution < -0.4 is 10.1 Å². The number of nitrogens with one attached hydrogen (secondary N) is 1. The molecular weight excluding hydrogens is 360 g/mol. The maximum Gasteiger partial charge on any atom is 0.161 e. The fourth-order valence-electron chi connectivity index (χ4n) is 3.77. The monoisotopic (exact) mass is 384 g/mol. The Morgan fingerprint density at radius 2 is 1.89 bits per heavy atom. The number of halogens is 1. The van der Waals surface area contributed by atoms with Gasteiger partial charge < -0.3 is 10.1 Å². The summed E-state index contributed by atoms with van der Waals surface area (Å²) in [6.45, 7) is 2.97. The summed E-state index contributed by atoms with van der Waals surface area (Å²) in [5.74, 6) is 2.51. The molecule has 4 rings (SSSR count). The Morgan fingerprint density at radius 3 is 2.59 bits per heavy atom. The lowest BCUT2D eigenvalue weighted by Crippen LogP contribution is -2.25. The Morgan fingerprint density at radius 1 is 1.15 bits per heavy atom. The molecule has 0 unspecified atom stereocenters. The van der Waals surface area contributed by atoms with Gasteiger partial charge in [-0.15, -0.1) is 0 Å². The van der Waals surface area contributed by atoms with Gasteiger partial charge >= 0.3 is 0 Å². The molecule has 0 atom stereocenters. The van der Waals surface area contributed by atoms with E-state index in [0.717, 1.165) is 34.1 Å². The van der Waals surface area contributed by atoms with Crippen molar-refractivity contribution in [3.63, 3.8) is 0 Å². The van der Waals surface area contributed by atoms with Crippen LogP contribution in [0.5, 0.6) is 5.75 Å². The summed E-state index contributed by atoms with van der Waals surface area (Å²) in [5.41, 5.74) is 1.95. The molecule has 3 aromatic rings. The number of hydrogen-bond acceptors (Lipinski definition) is 4. The minimum Gasteiger partial charge on any atom is -0.497 e. The molecule has 142 valence electrons. The minimum absolute atomic E-state index is 0.449. The number of hydrogen-bond donors (Lipinski definition) is 1. The van der Waals surface area contributed by atoms with Gasteiger partial charge in [-0.05, 0) is 55.4 Å². The standard InChI is InChI=1S/C21H25ClN4O/c1-14-3-7-16(8-4-14)24-20-19-18(22)11-12-23-21(19)26(25-20)13-15-5-9-17(27-2)10-6-15/h5-6,9-12,14,16H,3-4,7-8,13H2,1-2H3,(H,24,25).